The zero-order valence-corrected chi connectivity index (χ0v) is 12.1. The molecule has 0 saturated carbocycles. The Morgan fingerprint density at radius 2 is 1.65 bits per heavy atom. The number of aryl methyl sites for hydroxylation is 1. The minimum Gasteiger partial charge on any atom is -0.399 e. The Balaban J connectivity index is 1.68. The number of nitrogen functional groups attached to an aromatic ring is 1. The lowest BCUT2D eigenvalue weighted by Gasteiger charge is -2.19. The van der Waals surface area contributed by atoms with Crippen LogP contribution >= 0.6 is 0 Å². The van der Waals surface area contributed by atoms with Crippen LogP contribution in [0.3, 0.4) is 0 Å². The van der Waals surface area contributed by atoms with Gasteiger partial charge in [-0.3, -0.25) is 4.90 Å². The van der Waals surface area contributed by atoms with Gasteiger partial charge in [-0.1, -0.05) is 35.9 Å². The fourth-order valence-electron chi connectivity index (χ4n) is 2.94. The molecule has 0 fully saturated rings. The van der Waals surface area contributed by atoms with E-state index in [0.717, 1.165) is 38.2 Å². The van der Waals surface area contributed by atoms with Crippen LogP contribution in [0.25, 0.3) is 0 Å². The van der Waals surface area contributed by atoms with Gasteiger partial charge in [-0.2, -0.15) is 0 Å². The molecule has 104 valence electrons. The summed E-state index contributed by atoms with van der Waals surface area (Å²) in [5.41, 5.74) is 12.4. The van der Waals surface area contributed by atoms with E-state index < -0.39 is 0 Å². The average Bonchev–Trinajstić information content (AvgIpc) is 2.64. The molecule has 2 N–H and O–H groups in total. The SMILES string of the molecule is Cc1ccc2c(c1)CCN(Cc1ccc(N)cc1)CC2. The lowest BCUT2D eigenvalue weighted by molar-refractivity contribution is 0.279. The number of anilines is 1. The summed E-state index contributed by atoms with van der Waals surface area (Å²) in [6.07, 6.45) is 2.32. The molecule has 3 rings (SSSR count). The Hall–Kier alpha value is -1.80. The minimum atomic E-state index is 0.840. The van der Waals surface area contributed by atoms with E-state index in [9.17, 15) is 0 Å². The first-order valence-corrected chi connectivity index (χ1v) is 7.36. The number of nitrogens with two attached hydrogens (primary N) is 1. The molecule has 0 amide bonds. The summed E-state index contributed by atoms with van der Waals surface area (Å²) in [7, 11) is 0. The summed E-state index contributed by atoms with van der Waals surface area (Å²) in [6.45, 7) is 5.48. The summed E-state index contributed by atoms with van der Waals surface area (Å²) < 4.78 is 0. The standard InChI is InChI=1S/C18H22N2/c1-14-2-5-16-8-10-20(11-9-17(16)12-14)13-15-3-6-18(19)7-4-15/h2-7,12H,8-11,13,19H2,1H3. The maximum Gasteiger partial charge on any atom is 0.0314 e. The normalized spacial score (nSPS) is 15.7. The monoisotopic (exact) mass is 266 g/mol. The molecule has 1 aliphatic rings. The van der Waals surface area contributed by atoms with Gasteiger partial charge in [0.2, 0.25) is 0 Å². The van der Waals surface area contributed by atoms with E-state index in [0.29, 0.717) is 0 Å². The molecule has 0 radical (unpaired) electrons. The summed E-state index contributed by atoms with van der Waals surface area (Å²) in [5.74, 6) is 0. The fourth-order valence-corrected chi connectivity index (χ4v) is 2.94. The number of fused-ring (bicyclic) bond motifs is 1. The predicted molar refractivity (Wildman–Crippen MR) is 84.7 cm³/mol. The van der Waals surface area contributed by atoms with Crippen molar-refractivity contribution in [3.05, 3.63) is 64.7 Å². The molecule has 0 bridgehead atoms. The Kier molecular flexibility index (Phi) is 3.75. The minimum absolute atomic E-state index is 0.840. The quantitative estimate of drug-likeness (QED) is 0.846. The predicted octanol–water partition coefficient (Wildman–Crippen LogP) is 3.18. The molecule has 1 heterocycles. The molecule has 2 aromatic rings. The van der Waals surface area contributed by atoms with Crippen LogP contribution in [-0.2, 0) is 19.4 Å². The van der Waals surface area contributed by atoms with Gasteiger partial charge in [-0.25, -0.2) is 0 Å². The molecule has 2 aromatic carbocycles. The third-order valence-electron chi connectivity index (χ3n) is 4.14. The van der Waals surface area contributed by atoms with E-state index >= 15 is 0 Å². The van der Waals surface area contributed by atoms with E-state index in [4.69, 9.17) is 5.73 Å². The van der Waals surface area contributed by atoms with Gasteiger partial charge < -0.3 is 5.73 Å². The molecule has 20 heavy (non-hydrogen) atoms. The van der Waals surface area contributed by atoms with E-state index in [2.05, 4.69) is 42.2 Å². The second-order valence-electron chi connectivity index (χ2n) is 5.79. The molecular formula is C18H22N2. The summed E-state index contributed by atoms with van der Waals surface area (Å²) in [4.78, 5) is 2.54. The molecule has 0 aliphatic carbocycles. The topological polar surface area (TPSA) is 29.3 Å². The molecule has 0 aromatic heterocycles. The highest BCUT2D eigenvalue weighted by Gasteiger charge is 2.14. The molecule has 0 saturated heterocycles. The van der Waals surface area contributed by atoms with Gasteiger partial charge in [0.25, 0.3) is 0 Å². The summed E-state index contributed by atoms with van der Waals surface area (Å²) >= 11 is 0. The largest absolute Gasteiger partial charge is 0.399 e. The van der Waals surface area contributed by atoms with Crippen molar-refractivity contribution in [3.8, 4) is 0 Å². The maximum atomic E-state index is 5.74. The zero-order chi connectivity index (χ0) is 13.9. The van der Waals surface area contributed by atoms with Crippen molar-refractivity contribution in [1.82, 2.24) is 4.90 Å². The van der Waals surface area contributed by atoms with Crippen molar-refractivity contribution >= 4 is 5.69 Å². The second-order valence-corrected chi connectivity index (χ2v) is 5.79. The van der Waals surface area contributed by atoms with Crippen molar-refractivity contribution in [2.24, 2.45) is 0 Å². The lowest BCUT2D eigenvalue weighted by atomic mass is 10.0. The van der Waals surface area contributed by atoms with Crippen molar-refractivity contribution in [3.63, 3.8) is 0 Å². The molecule has 0 atom stereocenters. The van der Waals surface area contributed by atoms with Crippen LogP contribution in [0.5, 0.6) is 0 Å². The third kappa shape index (κ3) is 3.02. The van der Waals surface area contributed by atoms with Crippen LogP contribution in [-0.4, -0.2) is 18.0 Å². The van der Waals surface area contributed by atoms with Crippen LogP contribution in [0.4, 0.5) is 5.69 Å². The van der Waals surface area contributed by atoms with E-state index in [1.165, 1.54) is 22.3 Å². The first kappa shape index (κ1) is 13.2. The first-order valence-electron chi connectivity index (χ1n) is 7.36. The van der Waals surface area contributed by atoms with E-state index in [1.54, 1.807) is 0 Å². The van der Waals surface area contributed by atoms with Gasteiger partial charge in [-0.05, 0) is 48.6 Å². The molecule has 1 aliphatic heterocycles. The number of benzene rings is 2. The third-order valence-corrected chi connectivity index (χ3v) is 4.14. The fraction of sp³-hybridized carbons (Fsp3) is 0.333. The maximum absolute atomic E-state index is 5.74. The van der Waals surface area contributed by atoms with Gasteiger partial charge in [0.05, 0.1) is 0 Å². The van der Waals surface area contributed by atoms with Gasteiger partial charge >= 0.3 is 0 Å². The molecule has 2 heteroatoms. The number of hydrogen-bond acceptors (Lipinski definition) is 2. The summed E-state index contributed by atoms with van der Waals surface area (Å²) in [5, 5.41) is 0. The Morgan fingerprint density at radius 3 is 2.40 bits per heavy atom. The van der Waals surface area contributed by atoms with E-state index in [-0.39, 0.29) is 0 Å². The Morgan fingerprint density at radius 1 is 0.950 bits per heavy atom. The smallest absolute Gasteiger partial charge is 0.0314 e. The van der Waals surface area contributed by atoms with Crippen molar-refractivity contribution in [2.45, 2.75) is 26.3 Å². The Labute approximate surface area is 121 Å². The van der Waals surface area contributed by atoms with Crippen LogP contribution < -0.4 is 5.73 Å². The number of nitrogens with zero attached hydrogens (tertiary/aromatic N) is 1. The van der Waals surface area contributed by atoms with Crippen molar-refractivity contribution in [1.29, 1.82) is 0 Å². The highest BCUT2D eigenvalue weighted by Crippen LogP contribution is 2.19. The molecule has 0 spiro atoms. The highest BCUT2D eigenvalue weighted by molar-refractivity contribution is 5.39. The first-order chi connectivity index (χ1) is 9.70. The Bertz CT molecular complexity index is 587. The molecule has 0 unspecified atom stereocenters. The van der Waals surface area contributed by atoms with Gasteiger partial charge in [0.15, 0.2) is 0 Å². The lowest BCUT2D eigenvalue weighted by Crippen LogP contribution is -2.25. The molecule has 2 nitrogen and oxygen atoms in total. The number of hydrogen-bond donors (Lipinski definition) is 1. The number of rotatable bonds is 2. The van der Waals surface area contributed by atoms with Crippen molar-refractivity contribution < 1.29 is 0 Å². The van der Waals surface area contributed by atoms with Gasteiger partial charge in [0.1, 0.15) is 0 Å². The van der Waals surface area contributed by atoms with Crippen LogP contribution in [0, 0.1) is 6.92 Å². The van der Waals surface area contributed by atoms with E-state index in [1.807, 2.05) is 12.1 Å². The van der Waals surface area contributed by atoms with Crippen LogP contribution in [0.2, 0.25) is 0 Å². The second kappa shape index (κ2) is 5.68. The summed E-state index contributed by atoms with van der Waals surface area (Å²) in [6, 6.07) is 15.1. The van der Waals surface area contributed by atoms with Crippen LogP contribution in [0.15, 0.2) is 42.5 Å². The van der Waals surface area contributed by atoms with Gasteiger partial charge in [0, 0.05) is 25.3 Å². The molecular weight excluding hydrogens is 244 g/mol. The van der Waals surface area contributed by atoms with Crippen molar-refractivity contribution in [2.75, 3.05) is 18.8 Å². The zero-order valence-electron chi connectivity index (χ0n) is 12.1. The average molecular weight is 266 g/mol. The highest BCUT2D eigenvalue weighted by atomic mass is 15.1. The van der Waals surface area contributed by atoms with Gasteiger partial charge in [-0.15, -0.1) is 0 Å². The van der Waals surface area contributed by atoms with Crippen LogP contribution in [0.1, 0.15) is 22.3 Å².